The van der Waals surface area contributed by atoms with Crippen molar-refractivity contribution in [1.29, 1.82) is 0 Å². The van der Waals surface area contributed by atoms with Crippen LogP contribution in [0.15, 0.2) is 18.3 Å². The molecule has 0 aliphatic carbocycles. The number of hydrogen-bond acceptors (Lipinski definition) is 4. The molecule has 5 heteroatoms. The first kappa shape index (κ1) is 14.5. The molecule has 1 unspecified atom stereocenters. The Bertz CT molecular complexity index is 475. The van der Waals surface area contributed by atoms with E-state index >= 15 is 0 Å². The molecule has 0 aromatic carbocycles. The zero-order valence-corrected chi connectivity index (χ0v) is 12.6. The first-order valence-electron chi connectivity index (χ1n) is 7.78. The van der Waals surface area contributed by atoms with Crippen LogP contribution in [0.2, 0.25) is 0 Å². The van der Waals surface area contributed by atoms with Gasteiger partial charge in [-0.1, -0.05) is 0 Å². The van der Waals surface area contributed by atoms with Crippen molar-refractivity contribution in [2.24, 2.45) is 0 Å². The van der Waals surface area contributed by atoms with Crippen LogP contribution >= 0.6 is 0 Å². The van der Waals surface area contributed by atoms with Crippen molar-refractivity contribution < 1.29 is 9.53 Å². The van der Waals surface area contributed by atoms with Crippen molar-refractivity contribution in [1.82, 2.24) is 14.8 Å². The lowest BCUT2D eigenvalue weighted by Gasteiger charge is -2.35. The highest BCUT2D eigenvalue weighted by molar-refractivity contribution is 5.94. The minimum absolute atomic E-state index is 0.0965. The largest absolute Gasteiger partial charge is 0.377 e. The van der Waals surface area contributed by atoms with Crippen molar-refractivity contribution in [3.8, 4) is 0 Å². The van der Waals surface area contributed by atoms with Crippen LogP contribution < -0.4 is 0 Å². The lowest BCUT2D eigenvalue weighted by Crippen LogP contribution is -2.50. The second-order valence-corrected chi connectivity index (χ2v) is 5.92. The zero-order chi connectivity index (χ0) is 14.7. The number of aromatic nitrogens is 1. The average molecular weight is 289 g/mol. The van der Waals surface area contributed by atoms with E-state index in [2.05, 4.69) is 9.88 Å². The molecule has 5 nitrogen and oxygen atoms in total. The summed E-state index contributed by atoms with van der Waals surface area (Å²) in [4.78, 5) is 20.9. The van der Waals surface area contributed by atoms with E-state index in [1.165, 1.54) is 12.8 Å². The van der Waals surface area contributed by atoms with Gasteiger partial charge in [0.05, 0.1) is 11.7 Å². The molecule has 0 saturated carbocycles. The van der Waals surface area contributed by atoms with Crippen LogP contribution in [0.5, 0.6) is 0 Å². The molecule has 2 fully saturated rings. The van der Waals surface area contributed by atoms with E-state index in [4.69, 9.17) is 4.74 Å². The summed E-state index contributed by atoms with van der Waals surface area (Å²) < 4.78 is 5.68. The zero-order valence-electron chi connectivity index (χ0n) is 12.6. The SMILES string of the molecule is Cc1ccc(C(=O)N2CCN(CC3CCCO3)CC2)cn1. The average Bonchev–Trinajstić information content (AvgIpc) is 3.01. The number of pyridine rings is 1. The van der Waals surface area contributed by atoms with Crippen LogP contribution in [0.4, 0.5) is 0 Å². The van der Waals surface area contributed by atoms with Crippen LogP contribution in [0.25, 0.3) is 0 Å². The van der Waals surface area contributed by atoms with E-state index in [1.54, 1.807) is 6.20 Å². The van der Waals surface area contributed by atoms with E-state index < -0.39 is 0 Å². The van der Waals surface area contributed by atoms with Crippen molar-refractivity contribution in [2.75, 3.05) is 39.3 Å². The van der Waals surface area contributed by atoms with Crippen molar-refractivity contribution in [3.63, 3.8) is 0 Å². The number of piperazine rings is 1. The van der Waals surface area contributed by atoms with Crippen molar-refractivity contribution in [2.45, 2.75) is 25.9 Å². The highest BCUT2D eigenvalue weighted by atomic mass is 16.5. The Morgan fingerprint density at radius 2 is 2.14 bits per heavy atom. The van der Waals surface area contributed by atoms with Gasteiger partial charge in [0, 0.05) is 51.2 Å². The van der Waals surface area contributed by atoms with Crippen LogP contribution in [0.3, 0.4) is 0 Å². The van der Waals surface area contributed by atoms with Crippen LogP contribution in [0, 0.1) is 6.92 Å². The third kappa shape index (κ3) is 3.60. The lowest BCUT2D eigenvalue weighted by atomic mass is 10.2. The summed E-state index contributed by atoms with van der Waals surface area (Å²) in [7, 11) is 0. The second-order valence-electron chi connectivity index (χ2n) is 5.92. The Balaban J connectivity index is 1.50. The number of carbonyl (C=O) groups excluding carboxylic acids is 1. The number of amides is 1. The first-order chi connectivity index (χ1) is 10.2. The molecule has 3 heterocycles. The fourth-order valence-electron chi connectivity index (χ4n) is 2.99. The molecule has 0 bridgehead atoms. The molecule has 2 saturated heterocycles. The molecule has 3 rings (SSSR count). The minimum Gasteiger partial charge on any atom is -0.377 e. The quantitative estimate of drug-likeness (QED) is 0.842. The summed E-state index contributed by atoms with van der Waals surface area (Å²) in [6.45, 7) is 7.30. The smallest absolute Gasteiger partial charge is 0.255 e. The maximum Gasteiger partial charge on any atom is 0.255 e. The molecule has 1 aromatic heterocycles. The predicted molar refractivity (Wildman–Crippen MR) is 80.3 cm³/mol. The van der Waals surface area contributed by atoms with Gasteiger partial charge in [0.2, 0.25) is 0 Å². The molecular formula is C16H23N3O2. The summed E-state index contributed by atoms with van der Waals surface area (Å²) >= 11 is 0. The minimum atomic E-state index is 0.0965. The molecule has 1 amide bonds. The van der Waals surface area contributed by atoms with Gasteiger partial charge >= 0.3 is 0 Å². The molecule has 0 radical (unpaired) electrons. The van der Waals surface area contributed by atoms with Crippen molar-refractivity contribution >= 4 is 5.91 Å². The summed E-state index contributed by atoms with van der Waals surface area (Å²) in [6, 6.07) is 3.75. The fourth-order valence-corrected chi connectivity index (χ4v) is 2.99. The maximum atomic E-state index is 12.4. The van der Waals surface area contributed by atoms with E-state index in [0.29, 0.717) is 11.7 Å². The number of hydrogen-bond donors (Lipinski definition) is 0. The molecule has 1 aromatic rings. The Labute approximate surface area is 125 Å². The second kappa shape index (κ2) is 6.54. The molecule has 2 aliphatic rings. The van der Waals surface area contributed by atoms with Gasteiger partial charge in [0.15, 0.2) is 0 Å². The Morgan fingerprint density at radius 3 is 2.76 bits per heavy atom. The Morgan fingerprint density at radius 1 is 1.33 bits per heavy atom. The van der Waals surface area contributed by atoms with Gasteiger partial charge in [-0.05, 0) is 31.9 Å². The van der Waals surface area contributed by atoms with Gasteiger partial charge in [-0.3, -0.25) is 14.7 Å². The van der Waals surface area contributed by atoms with E-state index in [-0.39, 0.29) is 5.91 Å². The highest BCUT2D eigenvalue weighted by Gasteiger charge is 2.25. The number of aryl methyl sites for hydroxylation is 1. The van der Waals surface area contributed by atoms with Gasteiger partial charge in [0.25, 0.3) is 5.91 Å². The maximum absolute atomic E-state index is 12.4. The van der Waals surface area contributed by atoms with Gasteiger partial charge in [-0.25, -0.2) is 0 Å². The lowest BCUT2D eigenvalue weighted by molar-refractivity contribution is 0.0432. The van der Waals surface area contributed by atoms with E-state index in [1.807, 2.05) is 24.0 Å². The molecule has 0 spiro atoms. The molecule has 114 valence electrons. The molecule has 1 atom stereocenters. The highest BCUT2D eigenvalue weighted by Crippen LogP contribution is 2.15. The number of carbonyl (C=O) groups is 1. The number of ether oxygens (including phenoxy) is 1. The summed E-state index contributed by atoms with van der Waals surface area (Å²) in [5, 5.41) is 0. The summed E-state index contributed by atoms with van der Waals surface area (Å²) in [6.07, 6.45) is 4.43. The topological polar surface area (TPSA) is 45.7 Å². The summed E-state index contributed by atoms with van der Waals surface area (Å²) in [5.74, 6) is 0.0965. The third-order valence-corrected chi connectivity index (χ3v) is 4.30. The van der Waals surface area contributed by atoms with E-state index in [9.17, 15) is 4.79 Å². The first-order valence-corrected chi connectivity index (χ1v) is 7.78. The van der Waals surface area contributed by atoms with E-state index in [0.717, 1.165) is 45.0 Å². The normalized spacial score (nSPS) is 23.5. The van der Waals surface area contributed by atoms with Crippen LogP contribution in [0.1, 0.15) is 28.9 Å². The molecular weight excluding hydrogens is 266 g/mol. The monoisotopic (exact) mass is 289 g/mol. The third-order valence-electron chi connectivity index (χ3n) is 4.30. The van der Waals surface area contributed by atoms with Gasteiger partial charge in [0.1, 0.15) is 0 Å². The standard InChI is InChI=1S/C16H23N3O2/c1-13-4-5-14(11-17-13)16(20)19-8-6-18(7-9-19)12-15-3-2-10-21-15/h4-5,11,15H,2-3,6-10,12H2,1H3. The Hall–Kier alpha value is -1.46. The molecule has 2 aliphatic heterocycles. The van der Waals surface area contributed by atoms with Crippen LogP contribution in [-0.2, 0) is 4.74 Å². The van der Waals surface area contributed by atoms with Crippen LogP contribution in [-0.4, -0.2) is 66.1 Å². The number of rotatable bonds is 3. The number of nitrogens with zero attached hydrogens (tertiary/aromatic N) is 3. The molecule has 0 N–H and O–H groups in total. The summed E-state index contributed by atoms with van der Waals surface area (Å²) in [5.41, 5.74) is 1.63. The fraction of sp³-hybridized carbons (Fsp3) is 0.625. The van der Waals surface area contributed by atoms with Gasteiger partial charge in [-0.15, -0.1) is 0 Å². The predicted octanol–water partition coefficient (Wildman–Crippen LogP) is 1.33. The van der Waals surface area contributed by atoms with Crippen molar-refractivity contribution in [3.05, 3.63) is 29.6 Å². The van der Waals surface area contributed by atoms with Gasteiger partial charge < -0.3 is 9.64 Å². The Kier molecular flexibility index (Phi) is 4.51. The molecule has 21 heavy (non-hydrogen) atoms. The van der Waals surface area contributed by atoms with Gasteiger partial charge in [-0.2, -0.15) is 0 Å².